The fraction of sp³-hybridized carbons (Fsp3) is 0.500. The predicted octanol–water partition coefficient (Wildman–Crippen LogP) is 1.57. The smallest absolute Gasteiger partial charge is 0.253 e. The molecule has 0 bridgehead atoms. The number of amides is 1. The van der Waals surface area contributed by atoms with E-state index in [1.54, 1.807) is 18.0 Å². The minimum absolute atomic E-state index is 0.152. The lowest BCUT2D eigenvalue weighted by molar-refractivity contribution is 0.0774. The van der Waals surface area contributed by atoms with Crippen molar-refractivity contribution in [3.8, 4) is 0 Å². The van der Waals surface area contributed by atoms with Gasteiger partial charge in [-0.25, -0.2) is 4.39 Å². The summed E-state index contributed by atoms with van der Waals surface area (Å²) in [6.07, 6.45) is 0. The van der Waals surface area contributed by atoms with Crippen LogP contribution in [0.2, 0.25) is 0 Å². The van der Waals surface area contributed by atoms with Gasteiger partial charge in [0.25, 0.3) is 5.91 Å². The largest absolute Gasteiger partial charge is 0.340 e. The number of benzene rings is 1. The molecule has 1 amide bonds. The van der Waals surface area contributed by atoms with Gasteiger partial charge in [-0.2, -0.15) is 0 Å². The van der Waals surface area contributed by atoms with E-state index in [0.29, 0.717) is 16.6 Å². The van der Waals surface area contributed by atoms with Gasteiger partial charge in [0, 0.05) is 56.4 Å². The Balaban J connectivity index is 1.90. The van der Waals surface area contributed by atoms with Crippen LogP contribution in [0.25, 0.3) is 0 Å². The van der Waals surface area contributed by atoms with E-state index in [1.165, 1.54) is 12.1 Å². The summed E-state index contributed by atoms with van der Waals surface area (Å²) >= 11 is 3.21. The number of nitrogens with zero attached hydrogens (tertiary/aromatic N) is 2. The molecule has 1 aromatic carbocycles. The maximum absolute atomic E-state index is 13.3. The Bertz CT molecular complexity index is 457. The third-order valence-electron chi connectivity index (χ3n) is 3.42. The molecule has 0 aromatic heterocycles. The van der Waals surface area contributed by atoms with Crippen molar-refractivity contribution in [3.63, 3.8) is 0 Å². The van der Waals surface area contributed by atoms with Crippen molar-refractivity contribution in [2.45, 2.75) is 0 Å². The average molecular weight is 344 g/mol. The number of nitrogens with one attached hydrogen (secondary N) is 1. The van der Waals surface area contributed by atoms with E-state index in [-0.39, 0.29) is 5.91 Å². The van der Waals surface area contributed by atoms with Crippen LogP contribution in [-0.2, 0) is 0 Å². The summed E-state index contributed by atoms with van der Waals surface area (Å²) in [5, 5.41) is 3.29. The van der Waals surface area contributed by atoms with Crippen molar-refractivity contribution < 1.29 is 9.18 Å². The van der Waals surface area contributed by atoms with Gasteiger partial charge in [0.1, 0.15) is 5.82 Å². The second-order valence-electron chi connectivity index (χ2n) is 4.98. The highest BCUT2D eigenvalue weighted by atomic mass is 79.9. The lowest BCUT2D eigenvalue weighted by Crippen LogP contribution is -2.46. The van der Waals surface area contributed by atoms with Gasteiger partial charge >= 0.3 is 0 Å². The van der Waals surface area contributed by atoms with Gasteiger partial charge in [0.05, 0.1) is 0 Å². The summed E-state index contributed by atoms with van der Waals surface area (Å²) in [5.41, 5.74) is 0.375. The first-order valence-corrected chi connectivity index (χ1v) is 7.50. The molecule has 1 aromatic rings. The number of carbonyl (C=O) groups is 1. The molecule has 0 atom stereocenters. The fourth-order valence-corrected chi connectivity index (χ4v) is 2.69. The van der Waals surface area contributed by atoms with Crippen molar-refractivity contribution in [2.75, 3.05) is 46.3 Å². The number of carbonyl (C=O) groups excluding carboxylic acids is 1. The molecular formula is C14H19BrFN3O. The quantitative estimate of drug-likeness (QED) is 0.901. The second-order valence-corrected chi connectivity index (χ2v) is 5.89. The molecule has 4 nitrogen and oxygen atoms in total. The molecule has 1 aliphatic rings. The number of hydrogen-bond donors (Lipinski definition) is 1. The lowest BCUT2D eigenvalue weighted by atomic mass is 10.2. The van der Waals surface area contributed by atoms with Crippen LogP contribution in [0.3, 0.4) is 0 Å². The zero-order valence-corrected chi connectivity index (χ0v) is 13.1. The highest BCUT2D eigenvalue weighted by Gasteiger charge is 2.15. The van der Waals surface area contributed by atoms with Crippen molar-refractivity contribution >= 4 is 21.8 Å². The van der Waals surface area contributed by atoms with Gasteiger partial charge in [-0.3, -0.25) is 9.69 Å². The van der Waals surface area contributed by atoms with Gasteiger partial charge in [-0.1, -0.05) is 15.9 Å². The monoisotopic (exact) mass is 343 g/mol. The molecular weight excluding hydrogens is 325 g/mol. The van der Waals surface area contributed by atoms with E-state index in [9.17, 15) is 9.18 Å². The number of likely N-dealkylation sites (N-methyl/N-ethyl adjacent to an activating group) is 1. The molecule has 0 unspecified atom stereocenters. The first-order valence-electron chi connectivity index (χ1n) is 6.71. The summed E-state index contributed by atoms with van der Waals surface area (Å²) in [7, 11) is 1.75. The van der Waals surface area contributed by atoms with Crippen molar-refractivity contribution in [1.82, 2.24) is 15.1 Å². The van der Waals surface area contributed by atoms with Gasteiger partial charge in [0.2, 0.25) is 0 Å². The lowest BCUT2D eigenvalue weighted by Gasteiger charge is -2.29. The molecule has 1 N–H and O–H groups in total. The Morgan fingerprint density at radius 2 is 2.10 bits per heavy atom. The molecule has 110 valence electrons. The molecule has 2 rings (SSSR count). The Morgan fingerprint density at radius 3 is 2.75 bits per heavy atom. The van der Waals surface area contributed by atoms with Crippen LogP contribution in [0.15, 0.2) is 22.7 Å². The van der Waals surface area contributed by atoms with Crippen LogP contribution >= 0.6 is 15.9 Å². The normalized spacial score (nSPS) is 16.1. The Labute approximate surface area is 127 Å². The van der Waals surface area contributed by atoms with Gasteiger partial charge < -0.3 is 10.2 Å². The molecule has 1 saturated heterocycles. The molecule has 1 fully saturated rings. The summed E-state index contributed by atoms with van der Waals surface area (Å²) in [5.74, 6) is -0.557. The Morgan fingerprint density at radius 1 is 1.40 bits per heavy atom. The van der Waals surface area contributed by atoms with Crippen LogP contribution in [0.4, 0.5) is 4.39 Å². The van der Waals surface area contributed by atoms with E-state index in [4.69, 9.17) is 0 Å². The summed E-state index contributed by atoms with van der Waals surface area (Å²) < 4.78 is 13.9. The Hall–Kier alpha value is -0.980. The molecule has 0 radical (unpaired) electrons. The van der Waals surface area contributed by atoms with E-state index >= 15 is 0 Å². The maximum atomic E-state index is 13.3. The predicted molar refractivity (Wildman–Crippen MR) is 80.4 cm³/mol. The number of halogens is 2. The van der Waals surface area contributed by atoms with Gasteiger partial charge in [-0.05, 0) is 18.2 Å². The second kappa shape index (κ2) is 7.15. The van der Waals surface area contributed by atoms with Crippen molar-refractivity contribution in [1.29, 1.82) is 0 Å². The molecule has 20 heavy (non-hydrogen) atoms. The third kappa shape index (κ3) is 4.26. The van der Waals surface area contributed by atoms with E-state index in [0.717, 1.165) is 32.7 Å². The third-order valence-corrected chi connectivity index (χ3v) is 3.88. The summed E-state index contributed by atoms with van der Waals surface area (Å²) in [4.78, 5) is 16.2. The summed E-state index contributed by atoms with van der Waals surface area (Å²) in [6.45, 7) is 5.50. The van der Waals surface area contributed by atoms with Crippen LogP contribution in [0.5, 0.6) is 0 Å². The minimum atomic E-state index is -0.404. The topological polar surface area (TPSA) is 35.6 Å². The molecule has 0 spiro atoms. The van der Waals surface area contributed by atoms with Crippen molar-refractivity contribution in [3.05, 3.63) is 34.1 Å². The van der Waals surface area contributed by atoms with Crippen LogP contribution < -0.4 is 5.32 Å². The first kappa shape index (κ1) is 15.4. The molecule has 1 heterocycles. The van der Waals surface area contributed by atoms with Crippen LogP contribution in [0.1, 0.15) is 10.4 Å². The average Bonchev–Trinajstić information content (AvgIpc) is 2.44. The number of rotatable bonds is 4. The van der Waals surface area contributed by atoms with Gasteiger partial charge in [0.15, 0.2) is 0 Å². The zero-order chi connectivity index (χ0) is 14.5. The van der Waals surface area contributed by atoms with Gasteiger partial charge in [-0.15, -0.1) is 0 Å². The zero-order valence-electron chi connectivity index (χ0n) is 11.5. The van der Waals surface area contributed by atoms with Crippen molar-refractivity contribution in [2.24, 2.45) is 0 Å². The first-order chi connectivity index (χ1) is 9.56. The Kier molecular flexibility index (Phi) is 5.51. The number of hydrogen-bond acceptors (Lipinski definition) is 3. The number of piperazine rings is 1. The molecule has 6 heteroatoms. The summed E-state index contributed by atoms with van der Waals surface area (Å²) in [6, 6.07) is 4.26. The minimum Gasteiger partial charge on any atom is -0.340 e. The molecule has 0 saturated carbocycles. The van der Waals surface area contributed by atoms with E-state index < -0.39 is 5.82 Å². The SMILES string of the molecule is CN(CCN1CCNCC1)C(=O)c1cc(F)cc(Br)c1. The standard InChI is InChI=1S/C14H19BrFN3O/c1-18(6-7-19-4-2-17-3-5-19)14(20)11-8-12(15)10-13(16)9-11/h8-10,17H,2-7H2,1H3. The maximum Gasteiger partial charge on any atom is 0.253 e. The highest BCUT2D eigenvalue weighted by Crippen LogP contribution is 2.16. The van der Waals surface area contributed by atoms with E-state index in [1.807, 2.05) is 0 Å². The van der Waals surface area contributed by atoms with E-state index in [2.05, 4.69) is 26.1 Å². The highest BCUT2D eigenvalue weighted by molar-refractivity contribution is 9.10. The van der Waals surface area contributed by atoms with Crippen LogP contribution in [-0.4, -0.2) is 62.0 Å². The van der Waals surface area contributed by atoms with Crippen LogP contribution in [0, 0.1) is 5.82 Å². The molecule has 1 aliphatic heterocycles. The molecule has 0 aliphatic carbocycles. The fourth-order valence-electron chi connectivity index (χ4n) is 2.23.